The van der Waals surface area contributed by atoms with Gasteiger partial charge in [-0.25, -0.2) is 0 Å². The Morgan fingerprint density at radius 3 is 2.44 bits per heavy atom. The van der Waals surface area contributed by atoms with Crippen LogP contribution in [0.25, 0.3) is 0 Å². The van der Waals surface area contributed by atoms with Crippen LogP contribution in [0.4, 0.5) is 18.9 Å². The Bertz CT molecular complexity index is 413. The van der Waals surface area contributed by atoms with Crippen LogP contribution in [0.5, 0.6) is 0 Å². The molecule has 1 atom stereocenters. The summed E-state index contributed by atoms with van der Waals surface area (Å²) in [6.45, 7) is 0.636. The zero-order valence-corrected chi connectivity index (χ0v) is 9.78. The molecule has 1 aliphatic heterocycles. The Hall–Kier alpha value is -1.52. The van der Waals surface area contributed by atoms with Crippen LogP contribution in [-0.4, -0.2) is 25.6 Å². The van der Waals surface area contributed by atoms with Crippen molar-refractivity contribution in [3.63, 3.8) is 0 Å². The summed E-state index contributed by atoms with van der Waals surface area (Å²) in [7, 11) is 0. The molecule has 1 saturated heterocycles. The van der Waals surface area contributed by atoms with Gasteiger partial charge < -0.3 is 4.90 Å². The molecule has 1 aromatic rings. The van der Waals surface area contributed by atoms with E-state index in [4.69, 9.17) is 0 Å². The van der Waals surface area contributed by atoms with E-state index in [2.05, 4.69) is 0 Å². The van der Waals surface area contributed by atoms with Gasteiger partial charge in [0.25, 0.3) is 0 Å². The first-order valence-electron chi connectivity index (χ1n) is 5.87. The fourth-order valence-corrected chi connectivity index (χ4v) is 2.24. The third-order valence-corrected chi connectivity index (χ3v) is 3.28. The van der Waals surface area contributed by atoms with Gasteiger partial charge in [-0.2, -0.15) is 13.2 Å². The number of hydrogen-bond acceptors (Lipinski definition) is 2. The number of nitrogens with zero attached hydrogens (tertiary/aromatic N) is 1. The quantitative estimate of drug-likeness (QED) is 0.758. The number of carbonyl (C=O) groups excluding carboxylic acids is 1. The second kappa shape index (κ2) is 5.00. The molecule has 0 N–H and O–H groups in total. The molecule has 5 heteroatoms. The topological polar surface area (TPSA) is 20.3 Å². The molecule has 0 radical (unpaired) electrons. The highest BCUT2D eigenvalue weighted by Gasteiger charge is 2.41. The highest BCUT2D eigenvalue weighted by Crippen LogP contribution is 2.34. The summed E-state index contributed by atoms with van der Waals surface area (Å²) < 4.78 is 38.0. The van der Waals surface area contributed by atoms with Gasteiger partial charge in [0.15, 0.2) is 0 Å². The summed E-state index contributed by atoms with van der Waals surface area (Å²) in [4.78, 5) is 12.2. The van der Waals surface area contributed by atoms with Gasteiger partial charge in [-0.15, -0.1) is 0 Å². The molecule has 0 bridgehead atoms. The lowest BCUT2D eigenvalue weighted by molar-refractivity contribution is -0.175. The van der Waals surface area contributed by atoms with E-state index in [0.717, 1.165) is 12.0 Å². The first-order chi connectivity index (χ1) is 8.50. The van der Waals surface area contributed by atoms with Crippen molar-refractivity contribution in [2.45, 2.75) is 19.0 Å². The van der Waals surface area contributed by atoms with Crippen LogP contribution >= 0.6 is 0 Å². The summed E-state index contributed by atoms with van der Waals surface area (Å²) >= 11 is 0. The first kappa shape index (κ1) is 12.9. The lowest BCUT2D eigenvalue weighted by Gasteiger charge is -2.35. The van der Waals surface area contributed by atoms with Crippen molar-refractivity contribution in [3.8, 4) is 0 Å². The molecule has 2 nitrogen and oxygen atoms in total. The Kier molecular flexibility index (Phi) is 3.59. The van der Waals surface area contributed by atoms with Gasteiger partial charge in [-0.1, -0.05) is 0 Å². The van der Waals surface area contributed by atoms with Gasteiger partial charge in [0.05, 0.1) is 5.92 Å². The number of halogens is 3. The second-order valence-corrected chi connectivity index (χ2v) is 4.54. The van der Waals surface area contributed by atoms with Crippen LogP contribution in [0, 0.1) is 5.92 Å². The van der Waals surface area contributed by atoms with Crippen LogP contribution in [0.1, 0.15) is 23.2 Å². The Morgan fingerprint density at radius 1 is 1.22 bits per heavy atom. The van der Waals surface area contributed by atoms with E-state index in [1.54, 1.807) is 29.2 Å². The van der Waals surface area contributed by atoms with Crippen LogP contribution < -0.4 is 4.90 Å². The van der Waals surface area contributed by atoms with E-state index in [9.17, 15) is 18.0 Å². The third kappa shape index (κ3) is 2.83. The number of anilines is 1. The Balaban J connectivity index is 2.10. The van der Waals surface area contributed by atoms with Crippen molar-refractivity contribution >= 4 is 12.0 Å². The van der Waals surface area contributed by atoms with Crippen molar-refractivity contribution in [3.05, 3.63) is 29.8 Å². The maximum atomic E-state index is 12.7. The summed E-state index contributed by atoms with van der Waals surface area (Å²) in [5.74, 6) is -1.25. The fraction of sp³-hybridized carbons (Fsp3) is 0.462. The van der Waals surface area contributed by atoms with Gasteiger partial charge in [0, 0.05) is 24.3 Å². The lowest BCUT2D eigenvalue weighted by Crippen LogP contribution is -2.41. The van der Waals surface area contributed by atoms with Crippen LogP contribution in [-0.2, 0) is 0 Å². The van der Waals surface area contributed by atoms with Gasteiger partial charge in [0.2, 0.25) is 0 Å². The van der Waals surface area contributed by atoms with Gasteiger partial charge >= 0.3 is 6.18 Å². The van der Waals surface area contributed by atoms with Crippen molar-refractivity contribution in [1.82, 2.24) is 0 Å². The number of alkyl halides is 3. The normalized spacial score (nSPS) is 20.8. The minimum atomic E-state index is -4.12. The molecule has 98 valence electrons. The van der Waals surface area contributed by atoms with E-state index >= 15 is 0 Å². The fourth-order valence-electron chi connectivity index (χ4n) is 2.24. The Labute approximate surface area is 103 Å². The molecular weight excluding hydrogens is 243 g/mol. The molecule has 1 fully saturated rings. The van der Waals surface area contributed by atoms with Gasteiger partial charge in [-0.3, -0.25) is 4.79 Å². The second-order valence-electron chi connectivity index (χ2n) is 4.54. The number of hydrogen-bond donors (Lipinski definition) is 0. The van der Waals surface area contributed by atoms with Crippen molar-refractivity contribution in [2.75, 3.05) is 18.0 Å². The maximum Gasteiger partial charge on any atom is 0.393 e. The molecule has 0 spiro atoms. The van der Waals surface area contributed by atoms with Crippen molar-refractivity contribution < 1.29 is 18.0 Å². The summed E-state index contributed by atoms with van der Waals surface area (Å²) in [5.41, 5.74) is 1.28. The minimum Gasteiger partial charge on any atom is -0.371 e. The zero-order valence-electron chi connectivity index (χ0n) is 9.78. The number of rotatable bonds is 2. The molecule has 1 aromatic carbocycles. The number of aldehydes is 1. The number of carbonyl (C=O) groups is 1. The van der Waals surface area contributed by atoms with E-state index in [0.29, 0.717) is 18.5 Å². The molecule has 0 saturated carbocycles. The molecule has 0 aromatic heterocycles. The lowest BCUT2D eigenvalue weighted by atomic mass is 9.97. The third-order valence-electron chi connectivity index (χ3n) is 3.28. The SMILES string of the molecule is O=Cc1ccc(N2CCCC(C(F)(F)F)C2)cc1. The molecular formula is C13H14F3NO. The van der Waals surface area contributed by atoms with E-state index < -0.39 is 12.1 Å². The zero-order chi connectivity index (χ0) is 13.2. The summed E-state index contributed by atoms with van der Waals surface area (Å²) in [5, 5.41) is 0. The first-order valence-corrected chi connectivity index (χ1v) is 5.87. The molecule has 0 aliphatic carbocycles. The summed E-state index contributed by atoms with van der Waals surface area (Å²) in [6, 6.07) is 6.64. The van der Waals surface area contributed by atoms with Crippen LogP contribution in [0.3, 0.4) is 0 Å². The molecule has 1 heterocycles. The number of benzene rings is 1. The van der Waals surface area contributed by atoms with E-state index in [1.807, 2.05) is 0 Å². The monoisotopic (exact) mass is 257 g/mol. The standard InChI is InChI=1S/C13H14F3NO/c14-13(15,16)11-2-1-7-17(8-11)12-5-3-10(9-18)4-6-12/h3-6,9,11H,1-2,7-8H2. The van der Waals surface area contributed by atoms with E-state index in [1.165, 1.54) is 0 Å². The van der Waals surface area contributed by atoms with Crippen LogP contribution in [0.15, 0.2) is 24.3 Å². The molecule has 18 heavy (non-hydrogen) atoms. The van der Waals surface area contributed by atoms with Gasteiger partial charge in [0.1, 0.15) is 6.29 Å². The predicted octanol–water partition coefficient (Wildman–Crippen LogP) is 3.28. The van der Waals surface area contributed by atoms with Crippen molar-refractivity contribution in [1.29, 1.82) is 0 Å². The largest absolute Gasteiger partial charge is 0.393 e. The smallest absolute Gasteiger partial charge is 0.371 e. The highest BCUT2D eigenvalue weighted by molar-refractivity contribution is 5.75. The van der Waals surface area contributed by atoms with Gasteiger partial charge in [-0.05, 0) is 37.1 Å². The van der Waals surface area contributed by atoms with Crippen LogP contribution in [0.2, 0.25) is 0 Å². The number of piperidine rings is 1. The molecule has 0 amide bonds. The highest BCUT2D eigenvalue weighted by atomic mass is 19.4. The average Bonchev–Trinajstić information content (AvgIpc) is 2.38. The van der Waals surface area contributed by atoms with E-state index in [-0.39, 0.29) is 13.0 Å². The maximum absolute atomic E-state index is 12.7. The molecule has 1 unspecified atom stereocenters. The Morgan fingerprint density at radius 2 is 1.89 bits per heavy atom. The predicted molar refractivity (Wildman–Crippen MR) is 62.8 cm³/mol. The molecule has 2 rings (SSSR count). The van der Waals surface area contributed by atoms with Crippen molar-refractivity contribution in [2.24, 2.45) is 5.92 Å². The average molecular weight is 257 g/mol. The molecule has 1 aliphatic rings. The summed E-state index contributed by atoms with van der Waals surface area (Å²) in [6.07, 6.45) is -2.66. The minimum absolute atomic E-state index is 0.00390.